The van der Waals surface area contributed by atoms with E-state index in [0.29, 0.717) is 31.4 Å². The van der Waals surface area contributed by atoms with Gasteiger partial charge in [-0.2, -0.15) is 0 Å². The van der Waals surface area contributed by atoms with Crippen molar-refractivity contribution in [1.29, 1.82) is 0 Å². The van der Waals surface area contributed by atoms with Gasteiger partial charge in [0.1, 0.15) is 24.1 Å². The second-order valence-electron chi connectivity index (χ2n) is 11.5. The van der Waals surface area contributed by atoms with Crippen LogP contribution in [-0.4, -0.2) is 59.7 Å². The quantitative estimate of drug-likeness (QED) is 0.223. The molecule has 0 spiro atoms. The van der Waals surface area contributed by atoms with Gasteiger partial charge in [-0.1, -0.05) is 61.5 Å². The van der Waals surface area contributed by atoms with Crippen molar-refractivity contribution in [2.75, 3.05) is 6.54 Å². The number of nitrogens with zero attached hydrogens (tertiary/aromatic N) is 1. The van der Waals surface area contributed by atoms with E-state index in [1.165, 1.54) is 6.07 Å². The highest BCUT2D eigenvalue weighted by Crippen LogP contribution is 2.21. The van der Waals surface area contributed by atoms with Crippen LogP contribution in [0.25, 0.3) is 10.8 Å². The summed E-state index contributed by atoms with van der Waals surface area (Å²) in [6, 6.07) is 12.1. The maximum absolute atomic E-state index is 13.8. The van der Waals surface area contributed by atoms with E-state index in [1.54, 1.807) is 6.92 Å². The summed E-state index contributed by atoms with van der Waals surface area (Å²) in [5, 5.41) is 16.8. The molecule has 2 aromatic carbocycles. The van der Waals surface area contributed by atoms with E-state index in [-0.39, 0.29) is 36.3 Å². The van der Waals surface area contributed by atoms with Gasteiger partial charge in [-0.25, -0.2) is 0 Å². The van der Waals surface area contributed by atoms with Crippen molar-refractivity contribution >= 4 is 40.7 Å². The minimum absolute atomic E-state index is 0.0269. The summed E-state index contributed by atoms with van der Waals surface area (Å²) in [4.78, 5) is 64.4. The van der Waals surface area contributed by atoms with E-state index in [1.807, 2.05) is 56.3 Å². The van der Waals surface area contributed by atoms with E-state index in [2.05, 4.69) is 26.4 Å². The number of rotatable bonds is 13. The number of benzene rings is 2. The zero-order chi connectivity index (χ0) is 30.9. The average molecular weight is 590 g/mol. The molecule has 0 aliphatic carbocycles. The monoisotopic (exact) mass is 589 g/mol. The summed E-state index contributed by atoms with van der Waals surface area (Å²) < 4.78 is 5.03. The van der Waals surface area contributed by atoms with E-state index in [9.17, 15) is 24.0 Å². The molecule has 1 fully saturated rings. The van der Waals surface area contributed by atoms with Crippen molar-refractivity contribution in [2.24, 2.45) is 11.8 Å². The van der Waals surface area contributed by atoms with Crippen LogP contribution in [-0.2, 0) is 25.6 Å². The molecule has 43 heavy (non-hydrogen) atoms. The largest absolute Gasteiger partial charge is 0.361 e. The van der Waals surface area contributed by atoms with E-state index < -0.39 is 35.8 Å². The maximum atomic E-state index is 13.8. The summed E-state index contributed by atoms with van der Waals surface area (Å²) in [5.74, 6) is -1.71. The molecule has 0 radical (unpaired) electrons. The molecule has 0 saturated carbocycles. The van der Waals surface area contributed by atoms with Crippen molar-refractivity contribution in [2.45, 2.75) is 71.0 Å². The lowest BCUT2D eigenvalue weighted by molar-refractivity contribution is -0.132. The van der Waals surface area contributed by atoms with Crippen LogP contribution in [0.2, 0.25) is 0 Å². The molecule has 1 aliphatic rings. The summed E-state index contributed by atoms with van der Waals surface area (Å²) in [5.41, 5.74) is 0.872. The van der Waals surface area contributed by atoms with Crippen molar-refractivity contribution in [3.05, 3.63) is 65.5 Å². The first-order chi connectivity index (χ1) is 20.6. The second kappa shape index (κ2) is 14.6. The number of hydrogen-bond donors (Lipinski definition) is 4. The highest BCUT2D eigenvalue weighted by atomic mass is 16.5. The van der Waals surface area contributed by atoms with Crippen molar-refractivity contribution < 1.29 is 28.5 Å². The fourth-order valence-electron chi connectivity index (χ4n) is 5.38. The third-order valence-corrected chi connectivity index (χ3v) is 7.56. The topological polar surface area (TPSA) is 160 Å². The fourth-order valence-corrected chi connectivity index (χ4v) is 5.38. The third kappa shape index (κ3) is 8.50. The fraction of sp³-hybridized carbons (Fsp3) is 0.438. The normalized spacial score (nSPS) is 17.0. The summed E-state index contributed by atoms with van der Waals surface area (Å²) in [6.45, 7) is 6.09. The van der Waals surface area contributed by atoms with Crippen LogP contribution in [0.1, 0.15) is 61.3 Å². The predicted molar refractivity (Wildman–Crippen MR) is 160 cm³/mol. The van der Waals surface area contributed by atoms with Gasteiger partial charge in [-0.15, -0.1) is 0 Å². The van der Waals surface area contributed by atoms with Crippen molar-refractivity contribution in [1.82, 2.24) is 26.4 Å². The van der Waals surface area contributed by atoms with Crippen molar-refractivity contribution in [3.8, 4) is 0 Å². The van der Waals surface area contributed by atoms with Crippen LogP contribution in [0.3, 0.4) is 0 Å². The van der Waals surface area contributed by atoms with Crippen LogP contribution in [0.5, 0.6) is 0 Å². The number of nitrogens with one attached hydrogen (secondary N) is 4. The molecule has 0 bridgehead atoms. The zero-order valence-electron chi connectivity index (χ0n) is 24.7. The molecule has 4 atom stereocenters. The van der Waals surface area contributed by atoms with Crippen molar-refractivity contribution in [3.63, 3.8) is 0 Å². The Balaban J connectivity index is 1.54. The molecule has 4 N–H and O–H groups in total. The molecule has 1 saturated heterocycles. The third-order valence-electron chi connectivity index (χ3n) is 7.56. The Labute approximate surface area is 250 Å². The Morgan fingerprint density at radius 3 is 2.49 bits per heavy atom. The van der Waals surface area contributed by atoms with Crippen LogP contribution in [0, 0.1) is 18.8 Å². The molecule has 2 heterocycles. The lowest BCUT2D eigenvalue weighted by Gasteiger charge is -2.27. The zero-order valence-corrected chi connectivity index (χ0v) is 24.7. The Kier molecular flexibility index (Phi) is 10.6. The molecule has 1 aromatic heterocycles. The summed E-state index contributed by atoms with van der Waals surface area (Å²) in [7, 11) is 0. The smallest absolute Gasteiger partial charge is 0.274 e. The standard InChI is InChI=1S/C32H39N5O6/c1-19(2)14-26(30(40)34-24(18-38)16-23-11-7-13-33-29(23)39)35-31(41)27(36-32(42)28-15-20(3)43-37-28)17-22-10-6-9-21-8-4-5-12-25(21)22/h4-6,8-10,12,15,18-19,23-24,26-27H,7,11,13-14,16-17H2,1-3H3,(H,33,39)(H,34,40)(H,35,41)(H,36,42)/t23-,24-,26-,27-/m0/s1. The predicted octanol–water partition coefficient (Wildman–Crippen LogP) is 2.61. The van der Waals surface area contributed by atoms with Gasteiger partial charge in [0.15, 0.2) is 5.69 Å². The Bertz CT molecular complexity index is 1460. The SMILES string of the molecule is Cc1cc(C(=O)N[C@@H](Cc2cccc3ccccc23)C(=O)N[C@@H](CC(C)C)C(=O)N[C@H](C=O)C[C@@H]2CCCNC2=O)no1. The minimum atomic E-state index is -1.05. The summed E-state index contributed by atoms with van der Waals surface area (Å²) >= 11 is 0. The Morgan fingerprint density at radius 2 is 1.79 bits per heavy atom. The number of aryl methyl sites for hydroxylation is 1. The highest BCUT2D eigenvalue weighted by molar-refractivity contribution is 5.98. The summed E-state index contributed by atoms with van der Waals surface area (Å²) in [6.07, 6.45) is 2.69. The van der Waals surface area contributed by atoms with Gasteiger partial charge in [0, 0.05) is 24.9 Å². The van der Waals surface area contributed by atoms with Crippen LogP contribution in [0.15, 0.2) is 53.1 Å². The van der Waals surface area contributed by atoms with Crippen LogP contribution >= 0.6 is 0 Å². The first-order valence-electron chi connectivity index (χ1n) is 14.7. The number of piperidine rings is 1. The lowest BCUT2D eigenvalue weighted by atomic mass is 9.91. The Morgan fingerprint density at radius 1 is 1.05 bits per heavy atom. The lowest BCUT2D eigenvalue weighted by Crippen LogP contribution is -2.56. The van der Waals surface area contributed by atoms with Gasteiger partial charge >= 0.3 is 0 Å². The van der Waals surface area contributed by atoms with Crippen LogP contribution < -0.4 is 21.3 Å². The molecule has 11 heteroatoms. The molecule has 0 unspecified atom stereocenters. The first kappa shape index (κ1) is 31.4. The molecule has 228 valence electrons. The second-order valence-corrected chi connectivity index (χ2v) is 11.5. The number of carbonyl (C=O) groups is 5. The minimum Gasteiger partial charge on any atom is -0.361 e. The van der Waals surface area contributed by atoms with Gasteiger partial charge in [0.05, 0.1) is 6.04 Å². The van der Waals surface area contributed by atoms with Gasteiger partial charge in [0.2, 0.25) is 17.7 Å². The van der Waals surface area contributed by atoms with E-state index >= 15 is 0 Å². The Hall–Kier alpha value is -4.54. The number of aldehydes is 1. The molecular formula is C32H39N5O6. The number of carbonyl (C=O) groups excluding carboxylic acids is 5. The average Bonchev–Trinajstić information content (AvgIpc) is 3.43. The molecule has 1 aliphatic heterocycles. The number of fused-ring (bicyclic) bond motifs is 1. The number of hydrogen-bond acceptors (Lipinski definition) is 7. The van der Waals surface area contributed by atoms with Gasteiger partial charge in [-0.3, -0.25) is 19.2 Å². The molecule has 11 nitrogen and oxygen atoms in total. The molecule has 4 rings (SSSR count). The number of amides is 4. The van der Waals surface area contributed by atoms with Gasteiger partial charge in [-0.05, 0) is 54.9 Å². The first-order valence-corrected chi connectivity index (χ1v) is 14.7. The van der Waals surface area contributed by atoms with E-state index in [4.69, 9.17) is 4.52 Å². The van der Waals surface area contributed by atoms with Gasteiger partial charge < -0.3 is 30.6 Å². The number of aromatic nitrogens is 1. The molecule has 3 aromatic rings. The van der Waals surface area contributed by atoms with E-state index in [0.717, 1.165) is 22.8 Å². The molecule has 4 amide bonds. The molecular weight excluding hydrogens is 550 g/mol. The van der Waals surface area contributed by atoms with Crippen LogP contribution in [0.4, 0.5) is 0 Å². The maximum Gasteiger partial charge on any atom is 0.274 e. The van der Waals surface area contributed by atoms with Gasteiger partial charge in [0.25, 0.3) is 5.91 Å². The highest BCUT2D eigenvalue weighted by Gasteiger charge is 2.31.